The molecule has 11 rings (SSSR count). The van der Waals surface area contributed by atoms with Gasteiger partial charge in [0.25, 0.3) is 0 Å². The standard InChI is InChI=1S/C20H32O2.C18H15S.C15H21FO2.C14H16O4.C12H17NO2.C9H16F2O5S/c1-5-19(3,4)18(21)22-20(6-2)11-14-10-15(20)17-13-8-7-12(9-13)16(14)17;1-4-10-16(11-5-1)19(17-12-6-2-7-13-17)18-14-8-3-9-15-18;1-6-14(2,3)13(17)18-15(4,5)11-7-9-12(16)10-8-11;1-4-14(2,3)13(16)18-10-5-6-11-9(7-10)8-17-12(11)15;1-4-12(2,3)11(15)13-9-6-5-7-10(14)8-9;1-5-8(3,4)7(12)16-6(2)9(10,11)17(13,14)15/h12-17H,5-11H2,1-4H3;1-15H;7-10H,6H2,1-5H3;5-7H,4,8H2,1-3H3;5-8,14H,4H2,1-3H3,(H,13,15);6H,5H2,1-4H3,(H,13,14,15)/q;+1;;;;/p-1. The molecule has 4 saturated carbocycles. The average molecular weight is 1550 g/mol. The summed E-state index contributed by atoms with van der Waals surface area (Å²) in [5.74, 6) is 3.88. The van der Waals surface area contributed by atoms with Crippen molar-refractivity contribution < 1.29 is 83.7 Å². The number of fused-ring (bicyclic) bond motifs is 10. The van der Waals surface area contributed by atoms with Crippen LogP contribution < -0.4 is 10.1 Å². The van der Waals surface area contributed by atoms with Crippen molar-refractivity contribution in [1.29, 1.82) is 0 Å². The zero-order valence-electron chi connectivity index (χ0n) is 67.2. The molecule has 0 radical (unpaired) electrons. The van der Waals surface area contributed by atoms with Crippen LogP contribution in [0.4, 0.5) is 18.9 Å². The quantitative estimate of drug-likeness (QED) is 0.0160. The number of halogens is 3. The van der Waals surface area contributed by atoms with Crippen LogP contribution in [-0.4, -0.2) is 70.8 Å². The minimum Gasteiger partial charge on any atom is -0.743 e. The smallest absolute Gasteiger partial charge is 0.369 e. The molecule has 1 heterocycles. The first-order chi connectivity index (χ1) is 50.8. The van der Waals surface area contributed by atoms with Crippen LogP contribution in [-0.2, 0) is 76.1 Å². The Morgan fingerprint density at radius 3 is 1.55 bits per heavy atom. The van der Waals surface area contributed by atoms with Gasteiger partial charge in [-0.25, -0.2) is 17.6 Å². The number of carbonyl (C=O) groups excluding carboxylic acids is 6. The van der Waals surface area contributed by atoms with Gasteiger partial charge in [-0.15, -0.1) is 0 Å². The van der Waals surface area contributed by atoms with Crippen LogP contribution in [0.15, 0.2) is 172 Å². The number of benzene rings is 6. The highest BCUT2D eigenvalue weighted by molar-refractivity contribution is 7.97. The zero-order chi connectivity index (χ0) is 81.5. The fraction of sp³-hybridized carbons (Fsp3) is 0.523. The van der Waals surface area contributed by atoms with E-state index in [9.17, 15) is 60.0 Å². The van der Waals surface area contributed by atoms with E-state index >= 15 is 0 Å². The predicted molar refractivity (Wildman–Crippen MR) is 419 cm³/mol. The lowest BCUT2D eigenvalue weighted by Crippen LogP contribution is -2.49. The van der Waals surface area contributed by atoms with E-state index in [-0.39, 0.29) is 75.3 Å². The van der Waals surface area contributed by atoms with Gasteiger partial charge in [0.05, 0.1) is 38.1 Å². The van der Waals surface area contributed by atoms with Gasteiger partial charge in [-0.1, -0.05) is 128 Å². The SMILES string of the molecule is CCC(C)(C)C(=O)Nc1cccc(O)c1.CCC(C)(C)C(=O)OC(C)(C)c1ccc(F)cc1.CCC(C)(C)C(=O)OC(C)C(F)(F)S(=O)(=O)[O-].CCC(C)(C)C(=O)OC1(CC)CC2CC1C1C3CCC(C3)C21.CCC(C)(C)C(=O)Oc1ccc2c(c1)COC2=O.c1ccc([S+](c2ccccc2)c2ccccc2)cc1. The van der Waals surface area contributed by atoms with E-state index in [0.29, 0.717) is 49.1 Å². The van der Waals surface area contributed by atoms with Gasteiger partial charge in [0.2, 0.25) is 5.91 Å². The van der Waals surface area contributed by atoms with E-state index in [1.165, 1.54) is 72.4 Å². The van der Waals surface area contributed by atoms with Crippen molar-refractivity contribution in [3.05, 3.63) is 180 Å². The number of cyclic esters (lactones) is 1. The summed E-state index contributed by atoms with van der Waals surface area (Å²) in [7, 11) is -5.87. The molecule has 0 spiro atoms. The van der Waals surface area contributed by atoms with Crippen LogP contribution in [0.3, 0.4) is 0 Å². The van der Waals surface area contributed by atoms with Crippen molar-refractivity contribution in [2.75, 3.05) is 5.32 Å². The number of hydrogen-bond acceptors (Lipinski definition) is 15. The maximum atomic E-state index is 13.0. The normalized spacial score (nSPS) is 20.0. The highest BCUT2D eigenvalue weighted by atomic mass is 32.2. The molecule has 6 aromatic carbocycles. The summed E-state index contributed by atoms with van der Waals surface area (Å²) >= 11 is 0. The lowest BCUT2D eigenvalue weighted by Gasteiger charge is -2.46. The molecular weight excluding hydrogens is 1430 g/mol. The molecule has 6 aromatic rings. The molecule has 4 bridgehead atoms. The fourth-order valence-corrected chi connectivity index (χ4v) is 16.2. The molecule has 0 aromatic heterocycles. The van der Waals surface area contributed by atoms with Gasteiger partial charge < -0.3 is 38.7 Å². The molecule has 0 saturated heterocycles. The van der Waals surface area contributed by atoms with Crippen molar-refractivity contribution in [1.82, 2.24) is 0 Å². The Labute approximate surface area is 648 Å². The maximum Gasteiger partial charge on any atom is 0.369 e. The Hall–Kier alpha value is -8.01. The number of amides is 1. The molecule has 4 aliphatic carbocycles. The highest BCUT2D eigenvalue weighted by Crippen LogP contribution is 2.71. The van der Waals surface area contributed by atoms with Gasteiger partial charge in [0.15, 0.2) is 30.9 Å². The fourth-order valence-electron chi connectivity index (χ4n) is 13.6. The molecule has 2 N–H and O–H groups in total. The minimum atomic E-state index is -5.86. The summed E-state index contributed by atoms with van der Waals surface area (Å²) in [6.07, 6.45) is 8.99. The molecule has 596 valence electrons. The van der Waals surface area contributed by atoms with Crippen molar-refractivity contribution in [3.63, 3.8) is 0 Å². The molecule has 109 heavy (non-hydrogen) atoms. The Bertz CT molecular complexity index is 4050. The second-order valence-electron chi connectivity index (χ2n) is 32.8. The highest BCUT2D eigenvalue weighted by Gasteiger charge is 2.68. The van der Waals surface area contributed by atoms with E-state index in [1.54, 1.807) is 55.5 Å². The lowest BCUT2D eigenvalue weighted by atomic mass is 9.65. The van der Waals surface area contributed by atoms with Crippen molar-refractivity contribution in [3.8, 4) is 11.5 Å². The second-order valence-corrected chi connectivity index (χ2v) is 36.3. The van der Waals surface area contributed by atoms with Gasteiger partial charge in [-0.3, -0.25) is 24.0 Å². The number of phenolic OH excluding ortho intramolecular Hbond substituents is 1. The molecule has 1 amide bonds. The summed E-state index contributed by atoms with van der Waals surface area (Å²) in [4.78, 5) is 75.3. The summed E-state index contributed by atoms with van der Waals surface area (Å²) in [5, 5.41) is 7.38. The molecule has 5 aliphatic rings. The van der Waals surface area contributed by atoms with Gasteiger partial charge in [-0.05, 0) is 261 Å². The first kappa shape index (κ1) is 89.9. The predicted octanol–water partition coefficient (Wildman–Crippen LogP) is 20.6. The Kier molecular flexibility index (Phi) is 30.8. The van der Waals surface area contributed by atoms with Crippen LogP contribution >= 0.6 is 0 Å². The number of rotatable bonds is 22. The zero-order valence-corrected chi connectivity index (χ0v) is 68.8. The van der Waals surface area contributed by atoms with Crippen LogP contribution in [0.1, 0.15) is 224 Å². The molecule has 4 fully saturated rings. The topological polar surface area (TPSA) is 238 Å². The number of nitrogens with one attached hydrogen (secondary N) is 1. The number of ether oxygens (including phenoxy) is 5. The van der Waals surface area contributed by atoms with Crippen LogP contribution in [0.5, 0.6) is 11.5 Å². The third-order valence-electron chi connectivity index (χ3n) is 22.9. The molecule has 1 aliphatic heterocycles. The summed E-state index contributed by atoms with van der Waals surface area (Å²) < 4.78 is 96.2. The van der Waals surface area contributed by atoms with Crippen LogP contribution in [0, 0.1) is 68.4 Å². The largest absolute Gasteiger partial charge is 0.743 e. The maximum absolute atomic E-state index is 13.0. The van der Waals surface area contributed by atoms with Gasteiger partial charge in [0, 0.05) is 28.7 Å². The third-order valence-corrected chi connectivity index (χ3v) is 26.1. The Morgan fingerprint density at radius 1 is 0.596 bits per heavy atom. The first-order valence-electron chi connectivity index (χ1n) is 38.1. The summed E-state index contributed by atoms with van der Waals surface area (Å²) in [6, 6.07) is 49.7. The van der Waals surface area contributed by atoms with E-state index < -0.39 is 49.3 Å². The molecule has 16 nitrogen and oxygen atoms in total. The number of aromatic hydroxyl groups is 1. The van der Waals surface area contributed by atoms with Crippen LogP contribution in [0.2, 0.25) is 0 Å². The minimum absolute atomic E-state index is 0.0146. The third kappa shape index (κ3) is 22.8. The molecule has 8 atom stereocenters. The van der Waals surface area contributed by atoms with Crippen LogP contribution in [0.25, 0.3) is 0 Å². The Balaban J connectivity index is 0.000000205. The average Bonchev–Trinajstić information content (AvgIpc) is 1.53. The number of alkyl halides is 2. The van der Waals surface area contributed by atoms with Gasteiger partial charge in [0.1, 0.15) is 35.1 Å². The van der Waals surface area contributed by atoms with E-state index in [1.807, 2.05) is 90.0 Å². The monoisotopic (exact) mass is 1550 g/mol. The number of carbonyl (C=O) groups is 6. The molecular formula is C88H116F3NO15S2. The second kappa shape index (κ2) is 37.3. The number of esters is 5. The Morgan fingerprint density at radius 2 is 1.07 bits per heavy atom. The van der Waals surface area contributed by atoms with Crippen molar-refractivity contribution in [2.45, 2.75) is 246 Å². The molecule has 8 unspecified atom stereocenters. The number of anilines is 1. The molecule has 21 heteroatoms. The van der Waals surface area contributed by atoms with Crippen molar-refractivity contribution >= 4 is 62.5 Å². The van der Waals surface area contributed by atoms with E-state index in [0.717, 1.165) is 66.4 Å². The van der Waals surface area contributed by atoms with E-state index in [2.05, 4.69) is 115 Å². The number of phenols is 1. The van der Waals surface area contributed by atoms with E-state index in [4.69, 9.17) is 18.9 Å². The van der Waals surface area contributed by atoms with Gasteiger partial charge in [-0.2, -0.15) is 8.78 Å². The van der Waals surface area contributed by atoms with Gasteiger partial charge >= 0.3 is 35.1 Å². The summed E-state index contributed by atoms with van der Waals surface area (Å²) in [5.41, 5.74) is -0.907. The van der Waals surface area contributed by atoms with Crippen molar-refractivity contribution in [2.24, 2.45) is 62.6 Å². The first-order valence-corrected chi connectivity index (χ1v) is 40.7. The number of hydrogen-bond donors (Lipinski definition) is 2. The summed E-state index contributed by atoms with van der Waals surface area (Å²) in [6.45, 7) is 34.6. The lowest BCUT2D eigenvalue weighted by molar-refractivity contribution is -0.183.